The molecule has 2 unspecified atom stereocenters. The van der Waals surface area contributed by atoms with E-state index in [4.69, 9.17) is 0 Å². The number of nitrogens with zero attached hydrogens (tertiary/aromatic N) is 1. The molecule has 0 aliphatic carbocycles. The minimum Gasteiger partial charge on any atom is -0.394 e. The van der Waals surface area contributed by atoms with Gasteiger partial charge in [0.2, 0.25) is 17.7 Å². The maximum absolute atomic E-state index is 13.9. The minimum atomic E-state index is -0.717. The summed E-state index contributed by atoms with van der Waals surface area (Å²) in [6.45, 7) is 12.0. The van der Waals surface area contributed by atoms with E-state index in [-0.39, 0.29) is 35.0 Å². The van der Waals surface area contributed by atoms with E-state index in [1.165, 1.54) is 0 Å². The topological polar surface area (TPSA) is 98.7 Å². The number of aliphatic hydroxyl groups is 1. The lowest BCUT2D eigenvalue weighted by Crippen LogP contribution is -2.59. The fourth-order valence-corrected chi connectivity index (χ4v) is 8.98. The monoisotopic (exact) mass is 501 g/mol. The molecule has 3 aliphatic rings. The highest BCUT2D eigenvalue weighted by Crippen LogP contribution is 2.66. The number of rotatable bonds is 7. The van der Waals surface area contributed by atoms with Crippen LogP contribution in [0.5, 0.6) is 0 Å². The molecule has 35 heavy (non-hydrogen) atoms. The molecular weight excluding hydrogens is 462 g/mol. The minimum absolute atomic E-state index is 0.00266. The molecule has 3 fully saturated rings. The maximum Gasteiger partial charge on any atom is 0.244 e. The zero-order valence-corrected chi connectivity index (χ0v) is 22.4. The molecule has 8 heteroatoms. The molecule has 6 atom stereocenters. The second-order valence-corrected chi connectivity index (χ2v) is 13.9. The highest BCUT2D eigenvalue weighted by molar-refractivity contribution is 8.02. The van der Waals surface area contributed by atoms with Crippen LogP contribution < -0.4 is 10.6 Å². The molecule has 0 aromatic heterocycles. The van der Waals surface area contributed by atoms with Gasteiger partial charge in [-0.25, -0.2) is 0 Å². The van der Waals surface area contributed by atoms with Crippen molar-refractivity contribution in [2.24, 2.45) is 17.3 Å². The van der Waals surface area contributed by atoms with Gasteiger partial charge in [0.05, 0.1) is 29.2 Å². The van der Waals surface area contributed by atoms with Crippen molar-refractivity contribution in [1.82, 2.24) is 10.2 Å². The summed E-state index contributed by atoms with van der Waals surface area (Å²) in [5.41, 5.74) is 0.248. The third-order valence-corrected chi connectivity index (χ3v) is 9.46. The Kier molecular flexibility index (Phi) is 6.77. The van der Waals surface area contributed by atoms with Crippen molar-refractivity contribution in [2.75, 3.05) is 11.9 Å². The van der Waals surface area contributed by atoms with Gasteiger partial charge in [0, 0.05) is 16.5 Å². The molecule has 2 bridgehead atoms. The first-order valence-corrected chi connectivity index (χ1v) is 13.5. The molecule has 4 rings (SSSR count). The van der Waals surface area contributed by atoms with Crippen LogP contribution in [0.1, 0.15) is 60.8 Å². The number of carbonyl (C=O) groups excluding carboxylic acids is 3. The number of amides is 3. The van der Waals surface area contributed by atoms with Crippen LogP contribution in [0.3, 0.4) is 0 Å². The lowest BCUT2D eigenvalue weighted by Gasteiger charge is -2.40. The molecule has 3 heterocycles. The second kappa shape index (κ2) is 9.11. The largest absolute Gasteiger partial charge is 0.394 e. The molecule has 1 spiro atoms. The summed E-state index contributed by atoms with van der Waals surface area (Å²) < 4.78 is -0.661. The van der Waals surface area contributed by atoms with E-state index in [1.54, 1.807) is 23.6 Å². The van der Waals surface area contributed by atoms with Crippen molar-refractivity contribution in [2.45, 2.75) is 88.4 Å². The highest BCUT2D eigenvalue weighted by Gasteiger charge is 2.74. The number of aliphatic hydroxyl groups excluding tert-OH is 1. The molecular formula is C27H39N3O4S. The predicted octanol–water partition coefficient (Wildman–Crippen LogP) is 3.43. The molecule has 0 radical (unpaired) electrons. The normalized spacial score (nSPS) is 30.8. The average molecular weight is 502 g/mol. The van der Waals surface area contributed by atoms with E-state index >= 15 is 0 Å². The van der Waals surface area contributed by atoms with Gasteiger partial charge < -0.3 is 20.6 Å². The summed E-state index contributed by atoms with van der Waals surface area (Å²) >= 11 is 1.64. The average Bonchev–Trinajstić information content (AvgIpc) is 3.39. The van der Waals surface area contributed by atoms with Gasteiger partial charge >= 0.3 is 0 Å². The molecule has 1 aromatic carbocycles. The third kappa shape index (κ3) is 4.71. The van der Waals surface area contributed by atoms with Crippen molar-refractivity contribution in [3.63, 3.8) is 0 Å². The van der Waals surface area contributed by atoms with Crippen LogP contribution in [-0.2, 0) is 14.4 Å². The van der Waals surface area contributed by atoms with E-state index in [0.717, 1.165) is 12.8 Å². The fourth-order valence-electron chi connectivity index (χ4n) is 6.77. The van der Waals surface area contributed by atoms with Crippen LogP contribution in [0.4, 0.5) is 5.69 Å². The number of thioether (sulfide) groups is 1. The molecule has 192 valence electrons. The Hall–Kier alpha value is -2.06. The van der Waals surface area contributed by atoms with Crippen molar-refractivity contribution < 1.29 is 19.5 Å². The Morgan fingerprint density at radius 3 is 2.43 bits per heavy atom. The first-order valence-electron chi connectivity index (χ1n) is 12.6. The Balaban J connectivity index is 1.66. The van der Waals surface area contributed by atoms with E-state index in [9.17, 15) is 19.5 Å². The first kappa shape index (κ1) is 26.0. The molecule has 1 aromatic rings. The summed E-state index contributed by atoms with van der Waals surface area (Å²) in [6.07, 6.45) is 2.27. The quantitative estimate of drug-likeness (QED) is 0.532. The van der Waals surface area contributed by atoms with Crippen LogP contribution in [0.2, 0.25) is 0 Å². The molecule has 3 N–H and O–H groups in total. The van der Waals surface area contributed by atoms with E-state index in [2.05, 4.69) is 31.4 Å². The Bertz CT molecular complexity index is 992. The van der Waals surface area contributed by atoms with Gasteiger partial charge in [-0.05, 0) is 57.6 Å². The Labute approximate surface area is 212 Å². The van der Waals surface area contributed by atoms with E-state index < -0.39 is 34.2 Å². The second-order valence-electron chi connectivity index (χ2n) is 12.3. The van der Waals surface area contributed by atoms with Crippen LogP contribution in [0.15, 0.2) is 30.3 Å². The number of anilines is 1. The van der Waals surface area contributed by atoms with Gasteiger partial charge in [-0.15, -0.1) is 11.8 Å². The number of nitrogens with one attached hydrogen (secondary N) is 2. The van der Waals surface area contributed by atoms with Gasteiger partial charge in [-0.1, -0.05) is 39.0 Å². The first-order chi connectivity index (χ1) is 16.3. The zero-order chi connectivity index (χ0) is 25.8. The summed E-state index contributed by atoms with van der Waals surface area (Å²) in [6, 6.07) is 8.04. The lowest BCUT2D eigenvalue weighted by atomic mass is 9.70. The fraction of sp³-hybridized carbons (Fsp3) is 0.667. The van der Waals surface area contributed by atoms with Crippen molar-refractivity contribution >= 4 is 35.2 Å². The van der Waals surface area contributed by atoms with Gasteiger partial charge in [-0.2, -0.15) is 0 Å². The molecule has 3 amide bonds. The summed E-state index contributed by atoms with van der Waals surface area (Å²) in [7, 11) is 0. The molecule has 3 saturated heterocycles. The maximum atomic E-state index is 13.9. The van der Waals surface area contributed by atoms with Crippen molar-refractivity contribution in [1.29, 1.82) is 0 Å². The SMILES string of the molecule is C[C@H](CO)N1C(=O)[C@@H]2[C@H](C(=O)Nc3ccccc3)[C@@H]3CCC2(S3)C1C(=O)NC(C)(C)CC(C)(C)C. The number of fused-ring (bicyclic) bond motifs is 1. The van der Waals surface area contributed by atoms with Crippen LogP contribution in [0.25, 0.3) is 0 Å². The highest BCUT2D eigenvalue weighted by atomic mass is 32.2. The number of hydrogen-bond acceptors (Lipinski definition) is 5. The Morgan fingerprint density at radius 1 is 1.17 bits per heavy atom. The van der Waals surface area contributed by atoms with Gasteiger partial charge in [-0.3, -0.25) is 14.4 Å². The summed E-state index contributed by atoms with van der Waals surface area (Å²) in [5, 5.41) is 16.2. The van der Waals surface area contributed by atoms with Crippen LogP contribution >= 0.6 is 11.8 Å². The lowest BCUT2D eigenvalue weighted by molar-refractivity contribution is -0.142. The number of carbonyl (C=O) groups is 3. The predicted molar refractivity (Wildman–Crippen MR) is 139 cm³/mol. The third-order valence-electron chi connectivity index (χ3n) is 7.50. The summed E-state index contributed by atoms with van der Waals surface area (Å²) in [4.78, 5) is 42.8. The molecule has 0 saturated carbocycles. The smallest absolute Gasteiger partial charge is 0.244 e. The Morgan fingerprint density at radius 2 is 1.83 bits per heavy atom. The summed E-state index contributed by atoms with van der Waals surface area (Å²) in [5.74, 6) is -1.63. The number of benzene rings is 1. The van der Waals surface area contributed by atoms with E-state index in [1.807, 2.05) is 44.2 Å². The van der Waals surface area contributed by atoms with Gasteiger partial charge in [0.1, 0.15) is 6.04 Å². The number of likely N-dealkylation sites (tertiary alicyclic amines) is 1. The van der Waals surface area contributed by atoms with E-state index in [0.29, 0.717) is 12.1 Å². The molecule has 3 aliphatic heterocycles. The van der Waals surface area contributed by atoms with Gasteiger partial charge in [0.15, 0.2) is 0 Å². The molecule has 7 nitrogen and oxygen atoms in total. The number of hydrogen-bond donors (Lipinski definition) is 3. The number of para-hydroxylation sites is 1. The van der Waals surface area contributed by atoms with Crippen molar-refractivity contribution in [3.05, 3.63) is 30.3 Å². The van der Waals surface area contributed by atoms with Crippen LogP contribution in [-0.4, -0.2) is 62.0 Å². The van der Waals surface area contributed by atoms with Crippen LogP contribution in [0, 0.1) is 17.3 Å². The van der Waals surface area contributed by atoms with Crippen molar-refractivity contribution in [3.8, 4) is 0 Å². The van der Waals surface area contributed by atoms with Gasteiger partial charge in [0.25, 0.3) is 0 Å². The zero-order valence-electron chi connectivity index (χ0n) is 21.6. The standard InChI is InChI=1S/C27H39N3O4S/c1-16(14-31)30-21(23(33)29-26(5,6)15-25(2,3)4)27-13-12-18(35-27)19(20(27)24(30)34)22(32)28-17-10-8-7-9-11-17/h7-11,16,18-21,31H,12-15H2,1-6H3,(H,28,32)(H,29,33)/t16-,18+,19-,20+,21?,27?/m1/s1.